The molecule has 2 heteroatoms. The van der Waals surface area contributed by atoms with E-state index >= 15 is 0 Å². The van der Waals surface area contributed by atoms with Gasteiger partial charge in [0.15, 0.2) is 11.6 Å². The van der Waals surface area contributed by atoms with E-state index in [0.29, 0.717) is 0 Å². The zero-order valence-corrected chi connectivity index (χ0v) is 8.06. The molecule has 1 rings (SSSR count). The lowest BCUT2D eigenvalue weighted by Gasteiger charge is -2.22. The lowest BCUT2D eigenvalue weighted by atomic mass is 9.82. The molecule has 0 spiro atoms. The molecule has 0 N–H and O–H groups in total. The minimum atomic E-state index is -0.850. The smallest absolute Gasteiger partial charge is 0.163 e. The van der Waals surface area contributed by atoms with Gasteiger partial charge < -0.3 is 0 Å². The zero-order valence-electron chi connectivity index (χ0n) is 8.06. The van der Waals surface area contributed by atoms with Crippen molar-refractivity contribution in [3.05, 3.63) is 60.7 Å². The third-order valence-electron chi connectivity index (χ3n) is 2.38. The van der Waals surface area contributed by atoms with Crippen LogP contribution in [0.15, 0.2) is 43.5 Å². The van der Waals surface area contributed by atoms with Gasteiger partial charge in [0.1, 0.15) is 0 Å². The van der Waals surface area contributed by atoms with E-state index in [1.165, 1.54) is 24.3 Å². The average Bonchev–Trinajstić information content (AvgIpc) is 2.21. The van der Waals surface area contributed by atoms with Crippen molar-refractivity contribution in [2.24, 2.45) is 0 Å². The summed E-state index contributed by atoms with van der Waals surface area (Å²) in [5.74, 6) is -1.69. The topological polar surface area (TPSA) is 0 Å². The van der Waals surface area contributed by atoms with Crippen molar-refractivity contribution in [3.63, 3.8) is 0 Å². The minimum absolute atomic E-state index is 0.252. The van der Waals surface area contributed by atoms with E-state index in [1.807, 2.05) is 0 Å². The molecule has 0 aromatic heterocycles. The molecule has 0 amide bonds. The summed E-state index contributed by atoms with van der Waals surface area (Å²) in [6, 6.07) is 4.09. The van der Waals surface area contributed by atoms with Crippen LogP contribution in [0.5, 0.6) is 0 Å². The van der Waals surface area contributed by atoms with Crippen LogP contribution in [0, 0.1) is 11.6 Å². The van der Waals surface area contributed by atoms with Crippen molar-refractivity contribution in [3.8, 4) is 0 Å². The fourth-order valence-corrected chi connectivity index (χ4v) is 1.22. The van der Waals surface area contributed by atoms with Gasteiger partial charge in [0.05, 0.1) is 0 Å². The highest BCUT2D eigenvalue weighted by molar-refractivity contribution is 5.35. The lowest BCUT2D eigenvalue weighted by molar-refractivity contribution is 0.487. The van der Waals surface area contributed by atoms with Crippen LogP contribution in [-0.2, 0) is 5.41 Å². The van der Waals surface area contributed by atoms with Gasteiger partial charge in [0.25, 0.3) is 0 Å². The van der Waals surface area contributed by atoms with Crippen LogP contribution in [0.2, 0.25) is 0 Å². The number of hydrogen-bond acceptors (Lipinski definition) is 0. The Kier molecular flexibility index (Phi) is 2.84. The Labute approximate surface area is 82.6 Å². The molecule has 14 heavy (non-hydrogen) atoms. The Morgan fingerprint density at radius 2 is 1.79 bits per heavy atom. The van der Waals surface area contributed by atoms with E-state index < -0.39 is 17.0 Å². The van der Waals surface area contributed by atoms with E-state index in [2.05, 4.69) is 13.2 Å². The third kappa shape index (κ3) is 1.60. The van der Waals surface area contributed by atoms with Gasteiger partial charge in [-0.05, 0) is 13.0 Å². The fraction of sp³-hybridized carbons (Fsp3) is 0.167. The Bertz CT molecular complexity index is 359. The van der Waals surface area contributed by atoms with Crippen molar-refractivity contribution in [1.82, 2.24) is 0 Å². The number of hydrogen-bond donors (Lipinski definition) is 0. The molecule has 0 atom stereocenters. The maximum atomic E-state index is 13.4. The Morgan fingerprint density at radius 3 is 2.29 bits per heavy atom. The van der Waals surface area contributed by atoms with Crippen molar-refractivity contribution in [2.45, 2.75) is 12.3 Å². The van der Waals surface area contributed by atoms with E-state index in [0.717, 1.165) is 6.07 Å². The summed E-state index contributed by atoms with van der Waals surface area (Å²) in [4.78, 5) is 0. The Balaban J connectivity index is 3.38. The monoisotopic (exact) mass is 194 g/mol. The van der Waals surface area contributed by atoms with Crippen LogP contribution in [0.25, 0.3) is 0 Å². The summed E-state index contributed by atoms with van der Waals surface area (Å²) in [5.41, 5.74) is -0.478. The van der Waals surface area contributed by atoms with Crippen LogP contribution >= 0.6 is 0 Å². The number of allylic oxidation sites excluding steroid dienone is 2. The predicted molar refractivity (Wildman–Crippen MR) is 54.1 cm³/mol. The highest BCUT2D eigenvalue weighted by Gasteiger charge is 2.23. The molecule has 0 saturated heterocycles. The summed E-state index contributed by atoms with van der Waals surface area (Å²) in [7, 11) is 0. The highest BCUT2D eigenvalue weighted by atomic mass is 19.2. The highest BCUT2D eigenvalue weighted by Crippen LogP contribution is 2.29. The van der Waals surface area contributed by atoms with Crippen molar-refractivity contribution in [2.75, 3.05) is 0 Å². The maximum Gasteiger partial charge on any atom is 0.163 e. The van der Waals surface area contributed by atoms with Crippen LogP contribution in [0.4, 0.5) is 8.78 Å². The quantitative estimate of drug-likeness (QED) is 0.645. The van der Waals surface area contributed by atoms with Crippen molar-refractivity contribution < 1.29 is 8.78 Å². The lowest BCUT2D eigenvalue weighted by Crippen LogP contribution is -2.17. The molecule has 1 aromatic carbocycles. The number of rotatable bonds is 3. The van der Waals surface area contributed by atoms with Gasteiger partial charge in [0.2, 0.25) is 0 Å². The molecular formula is C12H12F2. The first kappa shape index (κ1) is 10.6. The molecule has 0 unspecified atom stereocenters. The van der Waals surface area contributed by atoms with Gasteiger partial charge in [-0.25, -0.2) is 8.78 Å². The first-order chi connectivity index (χ1) is 6.55. The normalized spacial score (nSPS) is 11.1. The molecule has 0 bridgehead atoms. The number of halogens is 2. The van der Waals surface area contributed by atoms with E-state index in [9.17, 15) is 8.78 Å². The zero-order chi connectivity index (χ0) is 10.8. The SMILES string of the molecule is C=CC(C)(C=C)c1cccc(F)c1F. The average molecular weight is 194 g/mol. The molecule has 0 nitrogen and oxygen atoms in total. The molecule has 0 saturated carbocycles. The molecule has 74 valence electrons. The summed E-state index contributed by atoms with van der Waals surface area (Å²) >= 11 is 0. The van der Waals surface area contributed by atoms with Crippen molar-refractivity contribution in [1.29, 1.82) is 0 Å². The van der Waals surface area contributed by atoms with E-state index in [1.54, 1.807) is 6.92 Å². The molecular weight excluding hydrogens is 182 g/mol. The van der Waals surface area contributed by atoms with Crippen LogP contribution < -0.4 is 0 Å². The van der Waals surface area contributed by atoms with Gasteiger partial charge >= 0.3 is 0 Å². The standard InChI is InChI=1S/C12H12F2/c1-4-12(3,5-2)9-7-6-8-10(13)11(9)14/h4-8H,1-2H2,3H3. The minimum Gasteiger partial charge on any atom is -0.204 e. The second-order valence-electron chi connectivity index (χ2n) is 3.29. The summed E-state index contributed by atoms with van der Waals surface area (Å²) in [5, 5.41) is 0. The second-order valence-corrected chi connectivity index (χ2v) is 3.29. The van der Waals surface area contributed by atoms with Gasteiger partial charge in [-0.15, -0.1) is 13.2 Å². The fourth-order valence-electron chi connectivity index (χ4n) is 1.22. The molecule has 1 aromatic rings. The molecule has 0 fully saturated rings. The van der Waals surface area contributed by atoms with Crippen LogP contribution in [0.3, 0.4) is 0 Å². The second kappa shape index (κ2) is 3.74. The summed E-state index contributed by atoms with van der Waals surface area (Å²) in [6.07, 6.45) is 3.08. The van der Waals surface area contributed by atoms with Crippen LogP contribution in [-0.4, -0.2) is 0 Å². The Morgan fingerprint density at radius 1 is 1.21 bits per heavy atom. The molecule has 0 aliphatic heterocycles. The van der Waals surface area contributed by atoms with E-state index in [-0.39, 0.29) is 5.56 Å². The molecule has 0 heterocycles. The first-order valence-corrected chi connectivity index (χ1v) is 4.27. The van der Waals surface area contributed by atoms with Gasteiger partial charge in [-0.3, -0.25) is 0 Å². The van der Waals surface area contributed by atoms with Gasteiger partial charge in [0, 0.05) is 11.0 Å². The van der Waals surface area contributed by atoms with Gasteiger partial charge in [-0.1, -0.05) is 24.3 Å². The summed E-state index contributed by atoms with van der Waals surface area (Å²) in [6.45, 7) is 8.91. The predicted octanol–water partition coefficient (Wildman–Crippen LogP) is 3.59. The largest absolute Gasteiger partial charge is 0.204 e. The maximum absolute atomic E-state index is 13.4. The molecule has 0 aliphatic rings. The first-order valence-electron chi connectivity index (χ1n) is 4.27. The summed E-state index contributed by atoms with van der Waals surface area (Å²) < 4.78 is 26.3. The Hall–Kier alpha value is -1.44. The molecule has 0 radical (unpaired) electrons. The van der Waals surface area contributed by atoms with Crippen LogP contribution in [0.1, 0.15) is 12.5 Å². The van der Waals surface area contributed by atoms with E-state index in [4.69, 9.17) is 0 Å². The number of benzene rings is 1. The van der Waals surface area contributed by atoms with Crippen molar-refractivity contribution >= 4 is 0 Å². The van der Waals surface area contributed by atoms with Gasteiger partial charge in [-0.2, -0.15) is 0 Å². The molecule has 0 aliphatic carbocycles. The third-order valence-corrected chi connectivity index (χ3v) is 2.38.